The molecule has 0 fully saturated rings. The zero-order valence-corrected chi connectivity index (χ0v) is 15.0. The molecular weight excluding hydrogens is 292 g/mol. The second-order valence-corrected chi connectivity index (χ2v) is 6.62. The Morgan fingerprint density at radius 2 is 1.90 bits per heavy atom. The molecule has 0 aliphatic rings. The number of hydrogen-bond donors (Lipinski definition) is 1. The van der Waals surface area contributed by atoms with E-state index in [0.717, 1.165) is 0 Å². The minimum Gasteiger partial charge on any atom is -0.444 e. The smallest absolute Gasteiger partial charge is 0.407 e. The number of halogens is 1. The average molecular weight is 321 g/mol. The summed E-state index contributed by atoms with van der Waals surface area (Å²) >= 11 is 6.09. The molecule has 0 radical (unpaired) electrons. The predicted octanol–water partition coefficient (Wildman–Crippen LogP) is 2.34. The highest BCUT2D eigenvalue weighted by molar-refractivity contribution is 6.64. The van der Waals surface area contributed by atoms with E-state index < -0.39 is 11.7 Å². The van der Waals surface area contributed by atoms with Crippen molar-refractivity contribution < 1.29 is 9.53 Å². The van der Waals surface area contributed by atoms with Gasteiger partial charge >= 0.3 is 6.09 Å². The highest BCUT2D eigenvalue weighted by atomic mass is 35.5. The Morgan fingerprint density at radius 1 is 1.33 bits per heavy atom. The van der Waals surface area contributed by atoms with Crippen molar-refractivity contribution >= 4 is 23.0 Å². The number of amidine groups is 1. The lowest BCUT2D eigenvalue weighted by molar-refractivity contribution is 0.0524. The third kappa shape index (κ3) is 10.4. The molecule has 0 rings (SSSR count). The number of alkyl carbamates (subject to hydrolysis) is 1. The molecule has 21 heavy (non-hydrogen) atoms. The number of hydrogen-bond acceptors (Lipinski definition) is 4. The van der Waals surface area contributed by atoms with Crippen LogP contribution in [0, 0.1) is 0 Å². The van der Waals surface area contributed by atoms with Crippen LogP contribution in [-0.2, 0) is 4.74 Å². The van der Waals surface area contributed by atoms with Crippen molar-refractivity contribution in [2.75, 3.05) is 33.9 Å². The Labute approximate surface area is 133 Å². The fourth-order valence-corrected chi connectivity index (χ4v) is 1.49. The minimum atomic E-state index is -0.477. The summed E-state index contributed by atoms with van der Waals surface area (Å²) in [5.74, 6) is 0. The number of carbonyl (C=O) groups is 1. The van der Waals surface area contributed by atoms with Crippen molar-refractivity contribution in [1.82, 2.24) is 15.1 Å². The van der Waals surface area contributed by atoms with Gasteiger partial charge in [0.25, 0.3) is 0 Å². The highest BCUT2D eigenvalue weighted by Crippen LogP contribution is 2.06. The lowest BCUT2D eigenvalue weighted by atomic mass is 10.2. The number of nitrogens with one attached hydrogen (secondary N) is 1. The first-order chi connectivity index (χ1) is 9.53. The monoisotopic (exact) mass is 320 g/mol. The quantitative estimate of drug-likeness (QED) is 0.463. The largest absolute Gasteiger partial charge is 0.444 e. The van der Waals surface area contributed by atoms with Gasteiger partial charge in [0.15, 0.2) is 5.29 Å². The lowest BCUT2D eigenvalue weighted by Gasteiger charge is -2.22. The van der Waals surface area contributed by atoms with E-state index in [1.54, 1.807) is 0 Å². The van der Waals surface area contributed by atoms with E-state index in [1.807, 2.05) is 58.5 Å². The van der Waals surface area contributed by atoms with Gasteiger partial charge in [0.2, 0.25) is 0 Å². The van der Waals surface area contributed by atoms with Gasteiger partial charge in [0.05, 0.1) is 6.67 Å². The van der Waals surface area contributed by atoms with Gasteiger partial charge in [-0.2, -0.15) is 0 Å². The SMILES string of the molecule is CC(C)N(C)/C(Cl)=N\CN(C)CCNC(=O)OC(C)(C)C. The zero-order valence-electron chi connectivity index (χ0n) is 14.2. The molecule has 0 atom stereocenters. The van der Waals surface area contributed by atoms with Gasteiger partial charge in [0, 0.05) is 26.2 Å². The molecule has 0 aromatic rings. The molecule has 0 aliphatic carbocycles. The molecule has 0 aromatic heterocycles. The van der Waals surface area contributed by atoms with Gasteiger partial charge < -0.3 is 15.0 Å². The van der Waals surface area contributed by atoms with Gasteiger partial charge in [-0.3, -0.25) is 4.90 Å². The number of nitrogens with zero attached hydrogens (tertiary/aromatic N) is 3. The normalized spacial score (nSPS) is 12.8. The summed E-state index contributed by atoms with van der Waals surface area (Å²) in [6.07, 6.45) is -0.406. The molecule has 7 heteroatoms. The molecule has 0 aliphatic heterocycles. The molecule has 124 valence electrons. The Kier molecular flexibility index (Phi) is 8.66. The van der Waals surface area contributed by atoms with Crippen LogP contribution in [0.15, 0.2) is 4.99 Å². The van der Waals surface area contributed by atoms with E-state index in [1.165, 1.54) is 0 Å². The molecule has 0 saturated heterocycles. The Morgan fingerprint density at radius 3 is 2.38 bits per heavy atom. The number of carbonyl (C=O) groups excluding carboxylic acids is 1. The fourth-order valence-electron chi connectivity index (χ4n) is 1.24. The summed E-state index contributed by atoms with van der Waals surface area (Å²) in [7, 11) is 3.82. The Hall–Kier alpha value is -1.01. The molecular formula is C14H29ClN4O2. The molecule has 1 amide bonds. The summed E-state index contributed by atoms with van der Waals surface area (Å²) in [5, 5.41) is 3.19. The van der Waals surface area contributed by atoms with E-state index in [2.05, 4.69) is 10.3 Å². The molecule has 0 heterocycles. The number of rotatable bonds is 6. The van der Waals surface area contributed by atoms with Crippen LogP contribution in [0.5, 0.6) is 0 Å². The van der Waals surface area contributed by atoms with Gasteiger partial charge in [-0.15, -0.1) is 0 Å². The van der Waals surface area contributed by atoms with Crippen LogP contribution >= 0.6 is 11.6 Å². The first-order valence-electron chi connectivity index (χ1n) is 7.11. The van der Waals surface area contributed by atoms with Crippen molar-refractivity contribution in [2.24, 2.45) is 4.99 Å². The van der Waals surface area contributed by atoms with E-state index in [4.69, 9.17) is 16.3 Å². The van der Waals surface area contributed by atoms with E-state index in [0.29, 0.717) is 31.1 Å². The van der Waals surface area contributed by atoms with Crippen LogP contribution in [0.1, 0.15) is 34.6 Å². The van der Waals surface area contributed by atoms with Gasteiger partial charge in [-0.25, -0.2) is 9.79 Å². The van der Waals surface area contributed by atoms with Gasteiger partial charge in [-0.1, -0.05) is 0 Å². The van der Waals surface area contributed by atoms with Crippen LogP contribution in [-0.4, -0.2) is 66.7 Å². The van der Waals surface area contributed by atoms with Crippen LogP contribution in [0.4, 0.5) is 4.79 Å². The molecule has 6 nitrogen and oxygen atoms in total. The molecule has 1 N–H and O–H groups in total. The van der Waals surface area contributed by atoms with E-state index in [9.17, 15) is 4.79 Å². The number of likely N-dealkylation sites (N-methyl/N-ethyl adjacent to an activating group) is 1. The van der Waals surface area contributed by atoms with E-state index in [-0.39, 0.29) is 0 Å². The topological polar surface area (TPSA) is 57.2 Å². The lowest BCUT2D eigenvalue weighted by Crippen LogP contribution is -2.37. The van der Waals surface area contributed by atoms with Gasteiger partial charge in [0.1, 0.15) is 5.60 Å². The molecule has 0 saturated carbocycles. The highest BCUT2D eigenvalue weighted by Gasteiger charge is 2.15. The first-order valence-corrected chi connectivity index (χ1v) is 7.49. The summed E-state index contributed by atoms with van der Waals surface area (Å²) in [6, 6.07) is 0.306. The second-order valence-electron chi connectivity index (χ2n) is 6.28. The van der Waals surface area contributed by atoms with Crippen LogP contribution in [0.2, 0.25) is 0 Å². The fraction of sp³-hybridized carbons (Fsp3) is 0.857. The molecule has 0 unspecified atom stereocenters. The Balaban J connectivity index is 3.99. The standard InChI is InChI=1S/C14H29ClN4O2/c1-11(2)19(7)12(15)17-10-18(6)9-8-16-13(20)21-14(3,4)5/h11H,8-10H2,1-7H3,(H,16,20)/b17-12-. The van der Waals surface area contributed by atoms with Crippen LogP contribution in [0.3, 0.4) is 0 Å². The van der Waals surface area contributed by atoms with Crippen molar-refractivity contribution in [3.05, 3.63) is 0 Å². The van der Waals surface area contributed by atoms with E-state index >= 15 is 0 Å². The minimum absolute atomic E-state index is 0.306. The average Bonchev–Trinajstić information content (AvgIpc) is 2.32. The second kappa shape index (κ2) is 9.10. The van der Waals surface area contributed by atoms with Crippen LogP contribution < -0.4 is 5.32 Å². The molecule has 0 bridgehead atoms. The molecule has 0 aromatic carbocycles. The van der Waals surface area contributed by atoms with Crippen molar-refractivity contribution in [3.8, 4) is 0 Å². The summed E-state index contributed by atoms with van der Waals surface area (Å²) < 4.78 is 5.15. The predicted molar refractivity (Wildman–Crippen MR) is 87.9 cm³/mol. The Bertz CT molecular complexity index is 353. The summed E-state index contributed by atoms with van der Waals surface area (Å²) in [5.41, 5.74) is -0.477. The first kappa shape index (κ1) is 20.0. The number of aliphatic imine (C=N–C) groups is 1. The maximum atomic E-state index is 11.5. The maximum Gasteiger partial charge on any atom is 0.407 e. The summed E-state index contributed by atoms with van der Waals surface area (Å²) in [6.45, 7) is 11.2. The number of amides is 1. The third-order valence-electron chi connectivity index (χ3n) is 2.67. The van der Waals surface area contributed by atoms with Crippen molar-refractivity contribution in [3.63, 3.8) is 0 Å². The molecule has 0 spiro atoms. The zero-order chi connectivity index (χ0) is 16.6. The maximum absolute atomic E-state index is 11.5. The van der Waals surface area contributed by atoms with Crippen LogP contribution in [0.25, 0.3) is 0 Å². The third-order valence-corrected chi connectivity index (χ3v) is 3.06. The van der Waals surface area contributed by atoms with Crippen molar-refractivity contribution in [2.45, 2.75) is 46.3 Å². The number of ether oxygens (including phenoxy) is 1. The summed E-state index contributed by atoms with van der Waals surface area (Å²) in [4.78, 5) is 19.6. The van der Waals surface area contributed by atoms with Crippen molar-refractivity contribution in [1.29, 1.82) is 0 Å². The van der Waals surface area contributed by atoms with Gasteiger partial charge in [-0.05, 0) is 53.3 Å².